The van der Waals surface area contributed by atoms with E-state index in [9.17, 15) is 0 Å². The van der Waals surface area contributed by atoms with Gasteiger partial charge in [0, 0.05) is 38.0 Å². The molecule has 6 heteroatoms. The SMILES string of the molecule is COCC1CN(c2ccncn2)Cc2ncn(CC3CC3)c21. The lowest BCUT2D eigenvalue weighted by atomic mass is 9.98. The molecule has 1 unspecified atom stereocenters. The van der Waals surface area contributed by atoms with Crippen LogP contribution in [0.4, 0.5) is 5.82 Å². The number of methoxy groups -OCH3 is 1. The number of anilines is 1. The predicted octanol–water partition coefficient (Wildman–Crippen LogP) is 1.83. The first-order valence-electron chi connectivity index (χ1n) is 7.89. The van der Waals surface area contributed by atoms with E-state index in [1.54, 1.807) is 19.6 Å². The van der Waals surface area contributed by atoms with Gasteiger partial charge in [0.05, 0.1) is 25.2 Å². The Hall–Kier alpha value is -1.95. The first kappa shape index (κ1) is 13.7. The van der Waals surface area contributed by atoms with Crippen molar-refractivity contribution in [3.05, 3.63) is 36.3 Å². The molecule has 0 saturated heterocycles. The summed E-state index contributed by atoms with van der Waals surface area (Å²) in [6.45, 7) is 3.54. The van der Waals surface area contributed by atoms with Crippen molar-refractivity contribution in [2.45, 2.75) is 31.8 Å². The van der Waals surface area contributed by atoms with Crippen molar-refractivity contribution in [3.8, 4) is 0 Å². The monoisotopic (exact) mass is 299 g/mol. The predicted molar refractivity (Wildman–Crippen MR) is 82.7 cm³/mol. The van der Waals surface area contributed by atoms with Crippen molar-refractivity contribution < 1.29 is 4.74 Å². The van der Waals surface area contributed by atoms with E-state index in [-0.39, 0.29) is 0 Å². The molecular weight excluding hydrogens is 278 g/mol. The molecule has 2 aromatic rings. The summed E-state index contributed by atoms with van der Waals surface area (Å²) in [5, 5.41) is 0. The molecule has 0 aromatic carbocycles. The van der Waals surface area contributed by atoms with Crippen LogP contribution in [-0.2, 0) is 17.8 Å². The Morgan fingerprint density at radius 3 is 2.95 bits per heavy atom. The quantitative estimate of drug-likeness (QED) is 0.843. The molecule has 6 nitrogen and oxygen atoms in total. The summed E-state index contributed by atoms with van der Waals surface area (Å²) in [5.41, 5.74) is 2.52. The molecule has 1 saturated carbocycles. The zero-order valence-corrected chi connectivity index (χ0v) is 12.9. The second kappa shape index (κ2) is 5.68. The number of hydrogen-bond donors (Lipinski definition) is 0. The van der Waals surface area contributed by atoms with Gasteiger partial charge in [-0.2, -0.15) is 0 Å². The van der Waals surface area contributed by atoms with Crippen molar-refractivity contribution in [1.29, 1.82) is 0 Å². The molecule has 0 amide bonds. The Morgan fingerprint density at radius 1 is 1.32 bits per heavy atom. The summed E-state index contributed by atoms with van der Waals surface area (Å²) in [6.07, 6.45) is 8.11. The molecule has 2 aliphatic rings. The maximum absolute atomic E-state index is 5.47. The minimum atomic E-state index is 0.338. The summed E-state index contributed by atoms with van der Waals surface area (Å²) in [5.74, 6) is 2.14. The van der Waals surface area contributed by atoms with Crippen molar-refractivity contribution >= 4 is 5.82 Å². The van der Waals surface area contributed by atoms with Crippen molar-refractivity contribution in [1.82, 2.24) is 19.5 Å². The van der Waals surface area contributed by atoms with Gasteiger partial charge in [0.15, 0.2) is 0 Å². The number of ether oxygens (including phenoxy) is 1. The Labute approximate surface area is 130 Å². The van der Waals surface area contributed by atoms with Crippen LogP contribution in [0.15, 0.2) is 24.9 Å². The zero-order chi connectivity index (χ0) is 14.9. The molecule has 1 aliphatic carbocycles. The average molecular weight is 299 g/mol. The van der Waals surface area contributed by atoms with Gasteiger partial charge >= 0.3 is 0 Å². The van der Waals surface area contributed by atoms with Crippen LogP contribution in [0.2, 0.25) is 0 Å². The molecule has 0 spiro atoms. The van der Waals surface area contributed by atoms with Crippen molar-refractivity contribution in [2.75, 3.05) is 25.2 Å². The van der Waals surface area contributed by atoms with Gasteiger partial charge in [-0.1, -0.05) is 0 Å². The lowest BCUT2D eigenvalue weighted by Gasteiger charge is -2.33. The molecule has 0 bridgehead atoms. The summed E-state index contributed by atoms with van der Waals surface area (Å²) in [7, 11) is 1.77. The second-order valence-corrected chi connectivity index (χ2v) is 6.27. The molecule has 2 aromatic heterocycles. The zero-order valence-electron chi connectivity index (χ0n) is 12.9. The summed E-state index contributed by atoms with van der Waals surface area (Å²) >= 11 is 0. The van der Waals surface area contributed by atoms with Gasteiger partial charge in [-0.05, 0) is 24.8 Å². The van der Waals surface area contributed by atoms with Crippen LogP contribution in [0.1, 0.15) is 30.1 Å². The highest BCUT2D eigenvalue weighted by Crippen LogP contribution is 2.35. The van der Waals surface area contributed by atoms with Gasteiger partial charge in [0.1, 0.15) is 12.1 Å². The number of hydrogen-bond acceptors (Lipinski definition) is 5. The van der Waals surface area contributed by atoms with E-state index in [1.807, 2.05) is 12.4 Å². The lowest BCUT2D eigenvalue weighted by Crippen LogP contribution is -2.37. The van der Waals surface area contributed by atoms with Crippen LogP contribution in [-0.4, -0.2) is 39.8 Å². The third-order valence-corrected chi connectivity index (χ3v) is 4.54. The average Bonchev–Trinajstić information content (AvgIpc) is 3.27. The van der Waals surface area contributed by atoms with E-state index >= 15 is 0 Å². The van der Waals surface area contributed by atoms with E-state index in [0.29, 0.717) is 12.5 Å². The smallest absolute Gasteiger partial charge is 0.132 e. The number of nitrogens with zero attached hydrogens (tertiary/aromatic N) is 5. The summed E-state index contributed by atoms with van der Waals surface area (Å²) in [6, 6.07) is 1.95. The van der Waals surface area contributed by atoms with Crippen molar-refractivity contribution in [3.63, 3.8) is 0 Å². The largest absolute Gasteiger partial charge is 0.384 e. The number of imidazole rings is 1. The van der Waals surface area contributed by atoms with Crippen LogP contribution in [0.25, 0.3) is 0 Å². The number of aromatic nitrogens is 4. The molecule has 116 valence electrons. The summed E-state index contributed by atoms with van der Waals surface area (Å²) < 4.78 is 7.82. The Balaban J connectivity index is 1.63. The minimum Gasteiger partial charge on any atom is -0.384 e. The topological polar surface area (TPSA) is 56.1 Å². The molecule has 1 aliphatic heterocycles. The van der Waals surface area contributed by atoms with Gasteiger partial charge < -0.3 is 14.2 Å². The lowest BCUT2D eigenvalue weighted by molar-refractivity contribution is 0.175. The highest BCUT2D eigenvalue weighted by atomic mass is 16.5. The van der Waals surface area contributed by atoms with Crippen LogP contribution in [0.3, 0.4) is 0 Å². The van der Waals surface area contributed by atoms with E-state index in [0.717, 1.165) is 37.1 Å². The molecule has 0 N–H and O–H groups in total. The fraction of sp³-hybridized carbons (Fsp3) is 0.562. The fourth-order valence-corrected chi connectivity index (χ4v) is 3.33. The first-order chi connectivity index (χ1) is 10.8. The van der Waals surface area contributed by atoms with E-state index in [4.69, 9.17) is 4.74 Å². The first-order valence-corrected chi connectivity index (χ1v) is 7.89. The van der Waals surface area contributed by atoms with E-state index in [2.05, 4.69) is 24.4 Å². The normalized spacial score (nSPS) is 21.0. The maximum Gasteiger partial charge on any atom is 0.132 e. The van der Waals surface area contributed by atoms with Gasteiger partial charge in [-0.3, -0.25) is 0 Å². The fourth-order valence-electron chi connectivity index (χ4n) is 3.33. The highest BCUT2D eigenvalue weighted by Gasteiger charge is 2.32. The third-order valence-electron chi connectivity index (χ3n) is 4.54. The molecule has 4 rings (SSSR count). The Morgan fingerprint density at radius 2 is 2.23 bits per heavy atom. The molecular formula is C16H21N5O. The number of rotatable bonds is 5. The van der Waals surface area contributed by atoms with Crippen LogP contribution in [0, 0.1) is 5.92 Å². The van der Waals surface area contributed by atoms with E-state index in [1.165, 1.54) is 18.5 Å². The molecule has 1 atom stereocenters. The maximum atomic E-state index is 5.47. The van der Waals surface area contributed by atoms with Gasteiger partial charge in [0.2, 0.25) is 0 Å². The molecule has 3 heterocycles. The van der Waals surface area contributed by atoms with Gasteiger partial charge in [-0.15, -0.1) is 0 Å². The standard InChI is InChI=1S/C16H21N5O/c1-22-9-13-7-20(15-4-5-17-10-18-15)8-14-16(13)21(11-19-14)6-12-2-3-12/h4-5,10-13H,2-3,6-9H2,1H3. The van der Waals surface area contributed by atoms with Gasteiger partial charge in [-0.25, -0.2) is 15.0 Å². The summed E-state index contributed by atoms with van der Waals surface area (Å²) in [4.78, 5) is 15.3. The molecule has 22 heavy (non-hydrogen) atoms. The second-order valence-electron chi connectivity index (χ2n) is 6.27. The van der Waals surface area contributed by atoms with E-state index < -0.39 is 0 Å². The van der Waals surface area contributed by atoms with Crippen LogP contribution >= 0.6 is 0 Å². The minimum absolute atomic E-state index is 0.338. The van der Waals surface area contributed by atoms with Crippen LogP contribution < -0.4 is 4.90 Å². The Bertz CT molecular complexity index is 637. The highest BCUT2D eigenvalue weighted by molar-refractivity contribution is 5.42. The van der Waals surface area contributed by atoms with Gasteiger partial charge in [0.25, 0.3) is 0 Å². The molecule has 0 radical (unpaired) electrons. The Kier molecular flexibility index (Phi) is 3.54. The number of fused-ring (bicyclic) bond motifs is 1. The third kappa shape index (κ3) is 2.59. The van der Waals surface area contributed by atoms with Crippen LogP contribution in [0.5, 0.6) is 0 Å². The molecule has 1 fully saturated rings. The van der Waals surface area contributed by atoms with Crippen molar-refractivity contribution in [2.24, 2.45) is 5.92 Å².